The first-order chi connectivity index (χ1) is 3.98. The van der Waals surface area contributed by atoms with Crippen molar-refractivity contribution in [2.75, 3.05) is 0 Å². The lowest BCUT2D eigenvalue weighted by molar-refractivity contribution is 0.106. The molecule has 1 N–H and O–H groups in total. The van der Waals surface area contributed by atoms with Gasteiger partial charge in [-0.05, 0) is 11.5 Å². The Morgan fingerprint density at radius 1 is 1.56 bits per heavy atom. The van der Waals surface area contributed by atoms with Gasteiger partial charge in [-0.2, -0.15) is 0 Å². The van der Waals surface area contributed by atoms with Gasteiger partial charge in [0.25, 0.3) is 0 Å². The van der Waals surface area contributed by atoms with Crippen LogP contribution in [0.5, 0.6) is 0 Å². The zero-order valence-corrected chi connectivity index (χ0v) is 6.31. The summed E-state index contributed by atoms with van der Waals surface area (Å²) in [5.41, 5.74) is 2.46. The fraction of sp³-hybridized carbons (Fsp3) is 0.625. The van der Waals surface area contributed by atoms with Crippen molar-refractivity contribution in [3.63, 3.8) is 0 Å². The molecule has 0 bridgehead atoms. The summed E-state index contributed by atoms with van der Waals surface area (Å²) in [5, 5.41) is 9.23. The van der Waals surface area contributed by atoms with Crippen molar-refractivity contribution in [1.82, 2.24) is 0 Å². The van der Waals surface area contributed by atoms with Crippen molar-refractivity contribution in [2.45, 2.75) is 26.9 Å². The summed E-state index contributed by atoms with van der Waals surface area (Å²) in [6.45, 7) is 9.26. The van der Waals surface area contributed by atoms with E-state index < -0.39 is 6.10 Å². The van der Waals surface area contributed by atoms with Crippen LogP contribution in [-0.4, -0.2) is 11.2 Å². The molecule has 1 atom stereocenters. The van der Waals surface area contributed by atoms with Gasteiger partial charge in [0.1, 0.15) is 0 Å². The summed E-state index contributed by atoms with van der Waals surface area (Å²) in [5.74, 6) is 0. The lowest BCUT2D eigenvalue weighted by atomic mass is 9.89. The third-order valence-electron chi connectivity index (χ3n) is 1.16. The molecule has 0 saturated heterocycles. The fourth-order valence-corrected chi connectivity index (χ4v) is 0.362. The summed E-state index contributed by atoms with van der Waals surface area (Å²) >= 11 is 0. The first-order valence-electron chi connectivity index (χ1n) is 3.02. The Balaban J connectivity index is 4.03. The molecular formula is C8H14O. The lowest BCUT2D eigenvalue weighted by Gasteiger charge is -2.21. The minimum Gasteiger partial charge on any atom is -0.388 e. The van der Waals surface area contributed by atoms with Crippen LogP contribution in [0.4, 0.5) is 0 Å². The standard InChI is InChI=1S/C8H14O/c1-5-6-7(9)8(2,3)4/h6-7,9H,1H2,2-4H3/t7-/m0/s1. The van der Waals surface area contributed by atoms with Crippen LogP contribution < -0.4 is 0 Å². The maximum Gasteiger partial charge on any atom is 0.0842 e. The monoisotopic (exact) mass is 126 g/mol. The van der Waals surface area contributed by atoms with E-state index in [1.54, 1.807) is 6.08 Å². The number of hydrogen-bond acceptors (Lipinski definition) is 1. The van der Waals surface area contributed by atoms with Crippen LogP contribution in [-0.2, 0) is 0 Å². The van der Waals surface area contributed by atoms with Crippen molar-refractivity contribution in [1.29, 1.82) is 0 Å². The molecule has 0 saturated carbocycles. The number of aliphatic hydroxyl groups excluding tert-OH is 1. The second-order valence-corrected chi connectivity index (χ2v) is 3.18. The smallest absolute Gasteiger partial charge is 0.0842 e. The van der Waals surface area contributed by atoms with Crippen molar-refractivity contribution < 1.29 is 5.11 Å². The van der Waals surface area contributed by atoms with Crippen LogP contribution in [0.2, 0.25) is 0 Å². The van der Waals surface area contributed by atoms with E-state index >= 15 is 0 Å². The summed E-state index contributed by atoms with van der Waals surface area (Å²) in [6.07, 6.45) is 1.13. The molecule has 0 aromatic rings. The van der Waals surface area contributed by atoms with Gasteiger partial charge in [-0.25, -0.2) is 0 Å². The fourth-order valence-electron chi connectivity index (χ4n) is 0.362. The molecule has 0 heterocycles. The maximum atomic E-state index is 9.23. The second kappa shape index (κ2) is 2.86. The van der Waals surface area contributed by atoms with E-state index in [4.69, 9.17) is 0 Å². The summed E-state index contributed by atoms with van der Waals surface area (Å²) in [6, 6.07) is 0. The molecule has 0 fully saturated rings. The Morgan fingerprint density at radius 2 is 2.00 bits per heavy atom. The molecule has 9 heavy (non-hydrogen) atoms. The zero-order valence-electron chi connectivity index (χ0n) is 6.31. The molecule has 0 rings (SSSR count). The summed E-state index contributed by atoms with van der Waals surface area (Å²) in [7, 11) is 0. The normalized spacial score (nSPS) is 14.2. The molecule has 0 aliphatic rings. The first-order valence-corrected chi connectivity index (χ1v) is 3.02. The SMILES string of the molecule is C=C=C[C@H](O)C(C)(C)C. The Kier molecular flexibility index (Phi) is 2.69. The number of aliphatic hydroxyl groups is 1. The van der Waals surface area contributed by atoms with E-state index in [0.29, 0.717) is 0 Å². The second-order valence-electron chi connectivity index (χ2n) is 3.18. The van der Waals surface area contributed by atoms with Gasteiger partial charge in [-0.1, -0.05) is 27.4 Å². The molecule has 0 aromatic heterocycles. The summed E-state index contributed by atoms with van der Waals surface area (Å²) in [4.78, 5) is 0. The number of rotatable bonds is 1. The van der Waals surface area contributed by atoms with Crippen LogP contribution in [0, 0.1) is 5.41 Å². The zero-order chi connectivity index (χ0) is 7.49. The molecule has 0 radical (unpaired) electrons. The highest BCUT2D eigenvalue weighted by atomic mass is 16.3. The van der Waals surface area contributed by atoms with Crippen LogP contribution in [0.25, 0.3) is 0 Å². The van der Waals surface area contributed by atoms with E-state index in [-0.39, 0.29) is 5.41 Å². The van der Waals surface area contributed by atoms with Crippen molar-refractivity contribution in [2.24, 2.45) is 5.41 Å². The van der Waals surface area contributed by atoms with E-state index in [9.17, 15) is 5.11 Å². The molecule has 52 valence electrons. The largest absolute Gasteiger partial charge is 0.388 e. The van der Waals surface area contributed by atoms with Gasteiger partial charge >= 0.3 is 0 Å². The van der Waals surface area contributed by atoms with E-state index in [1.165, 1.54) is 0 Å². The Labute approximate surface area is 56.7 Å². The van der Waals surface area contributed by atoms with Crippen molar-refractivity contribution in [3.8, 4) is 0 Å². The highest BCUT2D eigenvalue weighted by molar-refractivity contribution is 4.91. The predicted octanol–water partition coefficient (Wildman–Crippen LogP) is 1.73. The first kappa shape index (κ1) is 8.48. The van der Waals surface area contributed by atoms with Crippen LogP contribution in [0.3, 0.4) is 0 Å². The van der Waals surface area contributed by atoms with Gasteiger partial charge in [-0.15, -0.1) is 5.73 Å². The van der Waals surface area contributed by atoms with Gasteiger partial charge in [0.15, 0.2) is 0 Å². The molecule has 0 aliphatic carbocycles. The van der Waals surface area contributed by atoms with Crippen LogP contribution in [0.15, 0.2) is 18.4 Å². The molecule has 1 nitrogen and oxygen atoms in total. The van der Waals surface area contributed by atoms with Gasteiger partial charge in [0.2, 0.25) is 0 Å². The van der Waals surface area contributed by atoms with E-state index in [1.807, 2.05) is 20.8 Å². The topological polar surface area (TPSA) is 20.2 Å². The lowest BCUT2D eigenvalue weighted by Crippen LogP contribution is -2.23. The maximum absolute atomic E-state index is 9.23. The third-order valence-corrected chi connectivity index (χ3v) is 1.16. The molecular weight excluding hydrogens is 112 g/mol. The van der Waals surface area contributed by atoms with Gasteiger partial charge in [0.05, 0.1) is 6.10 Å². The average Bonchev–Trinajstić information content (AvgIpc) is 1.64. The highest BCUT2D eigenvalue weighted by Crippen LogP contribution is 2.19. The third kappa shape index (κ3) is 3.12. The molecule has 1 heteroatoms. The van der Waals surface area contributed by atoms with E-state index in [2.05, 4.69) is 12.3 Å². The minimum atomic E-state index is -0.435. The van der Waals surface area contributed by atoms with Crippen LogP contribution in [0.1, 0.15) is 20.8 Å². The molecule has 0 amide bonds. The van der Waals surface area contributed by atoms with Gasteiger partial charge in [-0.3, -0.25) is 0 Å². The highest BCUT2D eigenvalue weighted by Gasteiger charge is 2.18. The molecule has 0 unspecified atom stereocenters. The summed E-state index contributed by atoms with van der Waals surface area (Å²) < 4.78 is 0. The van der Waals surface area contributed by atoms with E-state index in [0.717, 1.165) is 0 Å². The number of hydrogen-bond donors (Lipinski definition) is 1. The molecule has 0 aromatic carbocycles. The Hall–Kier alpha value is -0.520. The van der Waals surface area contributed by atoms with Crippen molar-refractivity contribution in [3.05, 3.63) is 18.4 Å². The predicted molar refractivity (Wildman–Crippen MR) is 39.2 cm³/mol. The minimum absolute atomic E-state index is 0.0926. The molecule has 0 spiro atoms. The Bertz CT molecular complexity index is 124. The molecule has 0 aliphatic heterocycles. The Morgan fingerprint density at radius 3 is 2.11 bits per heavy atom. The average molecular weight is 126 g/mol. The van der Waals surface area contributed by atoms with Crippen molar-refractivity contribution >= 4 is 0 Å². The van der Waals surface area contributed by atoms with Crippen LogP contribution >= 0.6 is 0 Å². The van der Waals surface area contributed by atoms with Gasteiger partial charge < -0.3 is 5.11 Å². The van der Waals surface area contributed by atoms with Gasteiger partial charge in [0, 0.05) is 0 Å². The quantitative estimate of drug-likeness (QED) is 0.530.